The van der Waals surface area contributed by atoms with E-state index in [1.54, 1.807) is 24.3 Å². The average Bonchev–Trinajstić information content (AvgIpc) is 2.42. The number of ether oxygens (including phenoxy) is 1. The van der Waals surface area contributed by atoms with E-state index in [1.807, 2.05) is 12.1 Å². The van der Waals surface area contributed by atoms with Gasteiger partial charge in [0.1, 0.15) is 0 Å². The van der Waals surface area contributed by atoms with Gasteiger partial charge < -0.3 is 15.8 Å². The van der Waals surface area contributed by atoms with Gasteiger partial charge in [-0.25, -0.2) is 4.79 Å². The molecular weight excluding hydrogens is 391 g/mol. The molecule has 2 aromatic carbocycles. The molecule has 0 aliphatic carbocycles. The first kappa shape index (κ1) is 14.9. The number of carbonyl (C=O) groups is 1. The number of nitrogens with one attached hydrogen (secondary N) is 1. The minimum atomic E-state index is -0.413. The number of hydrogen-bond acceptors (Lipinski definition) is 4. The Kier molecular flexibility index (Phi) is 4.72. The zero-order chi connectivity index (χ0) is 14.7. The predicted octanol–water partition coefficient (Wildman–Crippen LogP) is 4.06. The summed E-state index contributed by atoms with van der Waals surface area (Å²) < 4.78 is 5.63. The lowest BCUT2D eigenvalue weighted by Gasteiger charge is -2.12. The third-order valence-electron chi connectivity index (χ3n) is 2.67. The van der Waals surface area contributed by atoms with Crippen LogP contribution in [0.3, 0.4) is 0 Å². The summed E-state index contributed by atoms with van der Waals surface area (Å²) in [5.74, 6) is -0.413. The molecule has 0 saturated heterocycles. The summed E-state index contributed by atoms with van der Waals surface area (Å²) in [6.07, 6.45) is 0. The van der Waals surface area contributed by atoms with E-state index >= 15 is 0 Å². The molecule has 2 rings (SSSR count). The number of carbonyl (C=O) groups excluding carboxylic acids is 1. The molecule has 6 heteroatoms. The topological polar surface area (TPSA) is 64.3 Å². The van der Waals surface area contributed by atoms with Gasteiger partial charge in [-0.2, -0.15) is 0 Å². The molecule has 0 heterocycles. The van der Waals surface area contributed by atoms with Crippen molar-refractivity contribution in [3.8, 4) is 0 Å². The highest BCUT2D eigenvalue weighted by atomic mass is 127. The molecule has 0 amide bonds. The third kappa shape index (κ3) is 3.34. The fourth-order valence-corrected chi connectivity index (χ4v) is 2.66. The molecule has 0 aliphatic heterocycles. The summed E-state index contributed by atoms with van der Waals surface area (Å²) in [6, 6.07) is 10.5. The van der Waals surface area contributed by atoms with Crippen LogP contribution in [-0.4, -0.2) is 13.1 Å². The number of methoxy groups -OCH3 is 1. The lowest BCUT2D eigenvalue weighted by Crippen LogP contribution is -2.04. The molecule has 0 saturated carbocycles. The summed E-state index contributed by atoms with van der Waals surface area (Å²) >= 11 is 8.10. The molecule has 0 spiro atoms. The molecule has 0 unspecified atom stereocenters. The second-order valence-electron chi connectivity index (χ2n) is 4.04. The van der Waals surface area contributed by atoms with Crippen molar-refractivity contribution in [1.82, 2.24) is 0 Å². The van der Waals surface area contributed by atoms with E-state index in [4.69, 9.17) is 17.3 Å². The molecule has 3 N–H and O–H groups in total. The Morgan fingerprint density at radius 2 is 1.95 bits per heavy atom. The lowest BCUT2D eigenvalue weighted by atomic mass is 10.1. The number of anilines is 3. The van der Waals surface area contributed by atoms with E-state index in [9.17, 15) is 4.79 Å². The number of nitrogen functional groups attached to an aromatic ring is 1. The van der Waals surface area contributed by atoms with Crippen molar-refractivity contribution < 1.29 is 9.53 Å². The van der Waals surface area contributed by atoms with Crippen LogP contribution >= 0.6 is 34.2 Å². The molecule has 104 valence electrons. The number of hydrogen-bond donors (Lipinski definition) is 2. The number of halogens is 2. The molecule has 4 nitrogen and oxygen atoms in total. The Labute approximate surface area is 135 Å². The minimum Gasteiger partial charge on any atom is -0.465 e. The quantitative estimate of drug-likeness (QED) is 0.462. The maximum absolute atomic E-state index is 11.4. The van der Waals surface area contributed by atoms with Gasteiger partial charge in [0.05, 0.1) is 29.7 Å². The molecule has 20 heavy (non-hydrogen) atoms. The van der Waals surface area contributed by atoms with E-state index in [2.05, 4.69) is 32.6 Å². The van der Waals surface area contributed by atoms with Crippen molar-refractivity contribution >= 4 is 57.2 Å². The molecular formula is C14H12ClIN2O2. The maximum atomic E-state index is 11.4. The SMILES string of the molecule is COC(=O)c1ccc(Nc2ccc(Cl)cc2I)c(N)c1. The number of esters is 1. The maximum Gasteiger partial charge on any atom is 0.337 e. The summed E-state index contributed by atoms with van der Waals surface area (Å²) in [5.41, 5.74) is 8.45. The van der Waals surface area contributed by atoms with Gasteiger partial charge >= 0.3 is 5.97 Å². The first-order chi connectivity index (χ1) is 9.51. The largest absolute Gasteiger partial charge is 0.465 e. The van der Waals surface area contributed by atoms with E-state index < -0.39 is 5.97 Å². The van der Waals surface area contributed by atoms with Crippen LogP contribution in [-0.2, 0) is 4.74 Å². The zero-order valence-corrected chi connectivity index (χ0v) is 13.5. The Bertz CT molecular complexity index is 662. The van der Waals surface area contributed by atoms with Crippen molar-refractivity contribution in [2.75, 3.05) is 18.2 Å². The highest BCUT2D eigenvalue weighted by Crippen LogP contribution is 2.29. The van der Waals surface area contributed by atoms with Crippen molar-refractivity contribution in [1.29, 1.82) is 0 Å². The van der Waals surface area contributed by atoms with Crippen LogP contribution in [0.1, 0.15) is 10.4 Å². The monoisotopic (exact) mass is 402 g/mol. The van der Waals surface area contributed by atoms with Crippen LogP contribution in [0.15, 0.2) is 36.4 Å². The van der Waals surface area contributed by atoms with Gasteiger partial charge in [-0.1, -0.05) is 11.6 Å². The molecule has 0 fully saturated rings. The van der Waals surface area contributed by atoms with Crippen LogP contribution in [0.25, 0.3) is 0 Å². The van der Waals surface area contributed by atoms with Crippen LogP contribution in [0.5, 0.6) is 0 Å². The van der Waals surface area contributed by atoms with Gasteiger partial charge in [-0.3, -0.25) is 0 Å². The predicted molar refractivity (Wildman–Crippen MR) is 89.6 cm³/mol. The minimum absolute atomic E-state index is 0.413. The Balaban J connectivity index is 2.28. The van der Waals surface area contributed by atoms with Crippen LogP contribution in [0.4, 0.5) is 17.1 Å². The van der Waals surface area contributed by atoms with Crippen LogP contribution < -0.4 is 11.1 Å². The summed E-state index contributed by atoms with van der Waals surface area (Å²) in [7, 11) is 1.33. The molecule has 2 aromatic rings. The number of rotatable bonds is 3. The smallest absolute Gasteiger partial charge is 0.337 e. The Morgan fingerprint density at radius 1 is 1.25 bits per heavy atom. The molecule has 0 atom stereocenters. The van der Waals surface area contributed by atoms with Gasteiger partial charge in [0, 0.05) is 8.59 Å². The molecule has 0 aliphatic rings. The van der Waals surface area contributed by atoms with Crippen LogP contribution in [0.2, 0.25) is 5.02 Å². The molecule has 0 radical (unpaired) electrons. The fraction of sp³-hybridized carbons (Fsp3) is 0.0714. The number of benzene rings is 2. The lowest BCUT2D eigenvalue weighted by molar-refractivity contribution is 0.0601. The normalized spacial score (nSPS) is 10.2. The van der Waals surface area contributed by atoms with E-state index in [0.29, 0.717) is 16.3 Å². The van der Waals surface area contributed by atoms with Gasteiger partial charge in [0.15, 0.2) is 0 Å². The fourth-order valence-electron chi connectivity index (χ4n) is 1.66. The van der Waals surface area contributed by atoms with E-state index in [0.717, 1.165) is 14.9 Å². The van der Waals surface area contributed by atoms with Crippen molar-refractivity contribution in [3.63, 3.8) is 0 Å². The van der Waals surface area contributed by atoms with E-state index in [-0.39, 0.29) is 0 Å². The Morgan fingerprint density at radius 3 is 2.55 bits per heavy atom. The van der Waals surface area contributed by atoms with Gasteiger partial charge in [-0.05, 0) is 59.0 Å². The van der Waals surface area contributed by atoms with Crippen molar-refractivity contribution in [3.05, 3.63) is 50.6 Å². The van der Waals surface area contributed by atoms with Gasteiger partial charge in [0.2, 0.25) is 0 Å². The number of nitrogens with two attached hydrogens (primary N) is 1. The first-order valence-electron chi connectivity index (χ1n) is 5.71. The summed E-state index contributed by atoms with van der Waals surface area (Å²) in [6.45, 7) is 0. The average molecular weight is 403 g/mol. The molecule has 0 aromatic heterocycles. The molecule has 0 bridgehead atoms. The first-order valence-corrected chi connectivity index (χ1v) is 7.17. The van der Waals surface area contributed by atoms with Crippen molar-refractivity contribution in [2.45, 2.75) is 0 Å². The van der Waals surface area contributed by atoms with E-state index in [1.165, 1.54) is 7.11 Å². The highest BCUT2D eigenvalue weighted by molar-refractivity contribution is 14.1. The van der Waals surface area contributed by atoms with Gasteiger partial charge in [0.25, 0.3) is 0 Å². The third-order valence-corrected chi connectivity index (χ3v) is 3.80. The second kappa shape index (κ2) is 6.32. The van der Waals surface area contributed by atoms with Crippen LogP contribution in [0, 0.1) is 3.57 Å². The zero-order valence-electron chi connectivity index (χ0n) is 10.6. The highest BCUT2D eigenvalue weighted by Gasteiger charge is 2.09. The summed E-state index contributed by atoms with van der Waals surface area (Å²) in [5, 5.41) is 3.88. The Hall–Kier alpha value is -1.47. The van der Waals surface area contributed by atoms with Crippen molar-refractivity contribution in [2.24, 2.45) is 0 Å². The van der Waals surface area contributed by atoms with Gasteiger partial charge in [-0.15, -0.1) is 0 Å². The standard InChI is InChI=1S/C14H12ClIN2O2/c1-20-14(19)8-2-4-13(11(17)6-8)18-12-5-3-9(15)7-10(12)16/h2-7,18H,17H2,1H3. The second-order valence-corrected chi connectivity index (χ2v) is 5.64. The summed E-state index contributed by atoms with van der Waals surface area (Å²) in [4.78, 5) is 11.4.